The zero-order valence-corrected chi connectivity index (χ0v) is 22.7. The number of imidazole rings is 1. The first-order valence-electron chi connectivity index (χ1n) is 14.0. The van der Waals surface area contributed by atoms with Crippen LogP contribution >= 0.6 is 0 Å². The number of alkyl halides is 3. The first kappa shape index (κ1) is 27.9. The third kappa shape index (κ3) is 5.77. The molecule has 0 spiro atoms. The Morgan fingerprint density at radius 3 is 2.80 bits per heavy atom. The minimum atomic E-state index is -4.43. The monoisotopic (exact) mass is 574 g/mol. The number of hydrogen-bond acceptors (Lipinski definition) is 6. The van der Waals surface area contributed by atoms with Gasteiger partial charge in [-0.25, -0.2) is 14.8 Å². The number of hydrazine groups is 1. The van der Waals surface area contributed by atoms with E-state index in [0.717, 1.165) is 17.6 Å². The number of benzene rings is 1. The fraction of sp³-hybridized carbons (Fsp3) is 0.517. The molecule has 4 heterocycles. The van der Waals surface area contributed by atoms with Gasteiger partial charge in [-0.2, -0.15) is 13.2 Å². The minimum Gasteiger partial charge on any atom is -0.496 e. The highest BCUT2D eigenvalue weighted by Gasteiger charge is 2.46. The van der Waals surface area contributed by atoms with Gasteiger partial charge < -0.3 is 14.5 Å². The van der Waals surface area contributed by atoms with Crippen LogP contribution in [0.4, 0.5) is 17.6 Å². The molecule has 2 aromatic heterocycles. The molecule has 3 aromatic rings. The molecule has 3 N–H and O–H groups in total. The molecule has 0 bridgehead atoms. The molecule has 1 aliphatic carbocycles. The van der Waals surface area contributed by atoms with E-state index in [1.165, 1.54) is 19.2 Å². The smallest absolute Gasteiger partial charge is 0.393 e. The number of halogens is 4. The molecule has 1 aromatic carbocycles. The number of carbonyl (C=O) groups excluding carboxylic acids is 1. The van der Waals surface area contributed by atoms with Gasteiger partial charge in [-0.15, -0.1) is 0 Å². The van der Waals surface area contributed by atoms with E-state index in [4.69, 9.17) is 4.74 Å². The van der Waals surface area contributed by atoms with Crippen molar-refractivity contribution < 1.29 is 27.1 Å². The van der Waals surface area contributed by atoms with Crippen molar-refractivity contribution in [1.29, 1.82) is 0 Å². The summed E-state index contributed by atoms with van der Waals surface area (Å²) >= 11 is 0. The van der Waals surface area contributed by atoms with Gasteiger partial charge in [-0.3, -0.25) is 15.1 Å². The molecule has 8 nitrogen and oxygen atoms in total. The van der Waals surface area contributed by atoms with E-state index >= 15 is 0 Å². The molecule has 2 aliphatic heterocycles. The Morgan fingerprint density at radius 2 is 2.00 bits per heavy atom. The van der Waals surface area contributed by atoms with Crippen molar-refractivity contribution in [2.24, 2.45) is 17.8 Å². The van der Waals surface area contributed by atoms with Gasteiger partial charge in [0.05, 0.1) is 19.1 Å². The summed E-state index contributed by atoms with van der Waals surface area (Å²) in [4.78, 5) is 19.3. The Morgan fingerprint density at radius 1 is 1.15 bits per heavy atom. The van der Waals surface area contributed by atoms with Crippen LogP contribution in [0, 0.1) is 23.6 Å². The van der Waals surface area contributed by atoms with Gasteiger partial charge in [0, 0.05) is 61.8 Å². The Kier molecular flexibility index (Phi) is 7.64. The molecule has 220 valence electrons. The van der Waals surface area contributed by atoms with Gasteiger partial charge in [0.15, 0.2) is 0 Å². The van der Waals surface area contributed by atoms with Crippen LogP contribution in [0.15, 0.2) is 48.9 Å². The number of nitrogens with one attached hydrogen (secondary N) is 3. The molecular weight excluding hydrogens is 540 g/mol. The average Bonchev–Trinajstić information content (AvgIpc) is 3.59. The third-order valence-electron chi connectivity index (χ3n) is 8.91. The lowest BCUT2D eigenvalue weighted by atomic mass is 9.74. The first-order valence-corrected chi connectivity index (χ1v) is 14.0. The van der Waals surface area contributed by atoms with Gasteiger partial charge in [0.1, 0.15) is 17.2 Å². The summed E-state index contributed by atoms with van der Waals surface area (Å²) in [6.45, 7) is -0.103. The van der Waals surface area contributed by atoms with E-state index in [0.29, 0.717) is 12.8 Å². The van der Waals surface area contributed by atoms with Crippen molar-refractivity contribution in [3.05, 3.63) is 65.9 Å². The van der Waals surface area contributed by atoms with Crippen molar-refractivity contribution in [1.82, 2.24) is 30.5 Å². The van der Waals surface area contributed by atoms with Crippen molar-refractivity contribution in [3.63, 3.8) is 0 Å². The van der Waals surface area contributed by atoms with Gasteiger partial charge in [-0.05, 0) is 55.4 Å². The first-order chi connectivity index (χ1) is 19.7. The molecule has 0 radical (unpaired) electrons. The van der Waals surface area contributed by atoms with Crippen LogP contribution in [0.1, 0.15) is 42.9 Å². The largest absolute Gasteiger partial charge is 0.496 e. The molecule has 3 aliphatic rings. The number of fused-ring (bicyclic) bond motifs is 2. The number of hydrogen-bond donors (Lipinski definition) is 3. The normalized spacial score (nSPS) is 28.9. The quantitative estimate of drug-likeness (QED) is 0.387. The predicted octanol–water partition coefficient (Wildman–Crippen LogP) is 3.99. The Bertz CT molecular complexity index is 1400. The van der Waals surface area contributed by atoms with E-state index in [-0.39, 0.29) is 67.2 Å². The fourth-order valence-corrected chi connectivity index (χ4v) is 6.83. The van der Waals surface area contributed by atoms with E-state index in [1.54, 1.807) is 17.2 Å². The second-order valence-corrected chi connectivity index (χ2v) is 11.5. The number of nitrogens with zero attached hydrogens (tertiary/aromatic N) is 3. The highest BCUT2D eigenvalue weighted by atomic mass is 19.4. The molecular formula is C29H34F4N6O2. The maximum absolute atomic E-state index is 14.6. The SMILES string of the molecule is COc1cccc(F)c1CN1C[C@H](NC(=O)C2CCC3NNC(c4ccc5nccn5c4)C3C2)C[C@@H](C(F)(F)F)C1. The molecule has 2 saturated heterocycles. The van der Waals surface area contributed by atoms with Crippen molar-refractivity contribution >= 4 is 11.6 Å². The Hall–Kier alpha value is -3.22. The molecule has 6 rings (SSSR count). The van der Waals surface area contributed by atoms with Gasteiger partial charge >= 0.3 is 6.18 Å². The summed E-state index contributed by atoms with van der Waals surface area (Å²) < 4.78 is 63.5. The van der Waals surface area contributed by atoms with Crippen LogP contribution in [0.5, 0.6) is 5.75 Å². The van der Waals surface area contributed by atoms with E-state index in [9.17, 15) is 22.4 Å². The van der Waals surface area contributed by atoms with Crippen molar-refractivity contribution in [2.75, 3.05) is 20.2 Å². The molecule has 3 fully saturated rings. The number of aromatic nitrogens is 2. The van der Waals surface area contributed by atoms with Crippen LogP contribution in [-0.2, 0) is 11.3 Å². The topological polar surface area (TPSA) is 82.9 Å². The van der Waals surface area contributed by atoms with Crippen molar-refractivity contribution in [2.45, 2.75) is 56.5 Å². The van der Waals surface area contributed by atoms with Gasteiger partial charge in [0.2, 0.25) is 5.91 Å². The standard InChI is InChI=1S/C29H34F4N6O2/c1-41-25-4-2-3-23(30)22(25)16-38-14-19(29(31,32)33)12-20(15-38)35-28(40)17-5-7-24-21(11-17)27(37-36-24)18-6-8-26-34-9-10-39(26)13-18/h2-4,6,8-10,13,17,19-21,24,27,36-37H,5,7,11-12,14-16H2,1H3,(H,35,40)/t17?,19-,20-,21?,24?,27?/m1/s1. The lowest BCUT2D eigenvalue weighted by Crippen LogP contribution is -2.54. The number of amides is 1. The number of pyridine rings is 1. The molecule has 4 unspecified atom stereocenters. The summed E-state index contributed by atoms with van der Waals surface area (Å²) in [7, 11) is 1.40. The van der Waals surface area contributed by atoms with E-state index in [1.807, 2.05) is 28.9 Å². The fourth-order valence-electron chi connectivity index (χ4n) is 6.83. The van der Waals surface area contributed by atoms with Crippen LogP contribution in [0.2, 0.25) is 0 Å². The summed E-state index contributed by atoms with van der Waals surface area (Å²) in [5.41, 5.74) is 8.91. The maximum atomic E-state index is 14.6. The number of carbonyl (C=O) groups is 1. The summed E-state index contributed by atoms with van der Waals surface area (Å²) in [5.74, 6) is -2.23. The van der Waals surface area contributed by atoms with Gasteiger partial charge in [-0.1, -0.05) is 12.1 Å². The zero-order chi connectivity index (χ0) is 28.7. The third-order valence-corrected chi connectivity index (χ3v) is 8.91. The molecule has 1 amide bonds. The van der Waals surface area contributed by atoms with Crippen LogP contribution in [0.25, 0.3) is 5.65 Å². The van der Waals surface area contributed by atoms with Gasteiger partial charge in [0.25, 0.3) is 0 Å². The van der Waals surface area contributed by atoms with Crippen LogP contribution in [-0.4, -0.2) is 58.7 Å². The lowest BCUT2D eigenvalue weighted by molar-refractivity contribution is -0.190. The van der Waals surface area contributed by atoms with Crippen molar-refractivity contribution in [3.8, 4) is 5.75 Å². The molecule has 6 atom stereocenters. The lowest BCUT2D eigenvalue weighted by Gasteiger charge is -2.40. The number of methoxy groups -OCH3 is 1. The molecule has 41 heavy (non-hydrogen) atoms. The second kappa shape index (κ2) is 11.2. The highest BCUT2D eigenvalue weighted by molar-refractivity contribution is 5.79. The zero-order valence-electron chi connectivity index (χ0n) is 22.7. The Balaban J connectivity index is 1.14. The Labute approximate surface area is 235 Å². The second-order valence-electron chi connectivity index (χ2n) is 11.5. The number of piperidine rings is 1. The van der Waals surface area contributed by atoms with Crippen LogP contribution in [0.3, 0.4) is 0 Å². The molecule has 1 saturated carbocycles. The minimum absolute atomic E-state index is 0.00192. The summed E-state index contributed by atoms with van der Waals surface area (Å²) in [6.07, 6.45) is 3.10. The molecule has 12 heteroatoms. The van der Waals surface area contributed by atoms with E-state index < -0.39 is 24.0 Å². The number of likely N-dealkylation sites (tertiary alicyclic amines) is 1. The number of ether oxygens (including phenoxy) is 1. The summed E-state index contributed by atoms with van der Waals surface area (Å²) in [5, 5.41) is 2.95. The predicted molar refractivity (Wildman–Crippen MR) is 143 cm³/mol. The number of rotatable bonds is 6. The maximum Gasteiger partial charge on any atom is 0.393 e. The average molecular weight is 575 g/mol. The highest BCUT2D eigenvalue weighted by Crippen LogP contribution is 2.41. The summed E-state index contributed by atoms with van der Waals surface area (Å²) in [6, 6.07) is 7.86. The van der Waals surface area contributed by atoms with Crippen LogP contribution < -0.4 is 20.9 Å². The van der Waals surface area contributed by atoms with E-state index in [2.05, 4.69) is 21.2 Å².